The Morgan fingerprint density at radius 3 is 2.06 bits per heavy atom. The minimum absolute atomic E-state index is 0.166. The third-order valence-electron chi connectivity index (χ3n) is 5.37. The second-order valence-electron chi connectivity index (χ2n) is 7.71. The lowest BCUT2D eigenvalue weighted by molar-refractivity contribution is -0.120. The fourth-order valence-electron chi connectivity index (χ4n) is 3.60. The van der Waals surface area contributed by atoms with Gasteiger partial charge in [-0.25, -0.2) is 4.90 Å². The van der Waals surface area contributed by atoms with Gasteiger partial charge < -0.3 is 10.6 Å². The average molecular weight is 425 g/mol. The Bertz CT molecular complexity index is 1250. The van der Waals surface area contributed by atoms with Gasteiger partial charge in [-0.3, -0.25) is 14.4 Å². The number of nitrogens with zero attached hydrogens (tertiary/aromatic N) is 1. The first kappa shape index (κ1) is 21.1. The number of imide groups is 1. The molecule has 0 saturated heterocycles. The molecule has 0 saturated carbocycles. The normalized spacial score (nSPS) is 13.5. The summed E-state index contributed by atoms with van der Waals surface area (Å²) in [7, 11) is 0. The summed E-state index contributed by atoms with van der Waals surface area (Å²) in [6.07, 6.45) is 0. The summed E-state index contributed by atoms with van der Waals surface area (Å²) >= 11 is 0. The van der Waals surface area contributed by atoms with Crippen LogP contribution in [-0.4, -0.2) is 17.7 Å². The number of benzene rings is 3. The fraction of sp³-hybridized carbons (Fsp3) is 0.115. The molecule has 160 valence electrons. The molecule has 1 heterocycles. The quantitative estimate of drug-likeness (QED) is 0.583. The Kier molecular flexibility index (Phi) is 5.60. The second kappa shape index (κ2) is 8.51. The summed E-state index contributed by atoms with van der Waals surface area (Å²) in [4.78, 5) is 39.4. The summed E-state index contributed by atoms with van der Waals surface area (Å²) in [6, 6.07) is 21.6. The minimum Gasteiger partial charge on any atom is -0.350 e. The summed E-state index contributed by atoms with van der Waals surface area (Å²) in [6.45, 7) is 5.37. The van der Waals surface area contributed by atoms with Crippen LogP contribution in [0.15, 0.2) is 78.5 Å². The zero-order chi connectivity index (χ0) is 22.8. The van der Waals surface area contributed by atoms with Crippen molar-refractivity contribution < 1.29 is 14.4 Å². The summed E-state index contributed by atoms with van der Waals surface area (Å²) in [5.74, 6) is -0.953. The number of carbonyl (C=O) groups excluding carboxylic acids is 3. The zero-order valence-corrected chi connectivity index (χ0v) is 18.1. The molecule has 0 radical (unpaired) electrons. The highest BCUT2D eigenvalue weighted by Gasteiger charge is 2.40. The van der Waals surface area contributed by atoms with Crippen LogP contribution >= 0.6 is 0 Å². The molecule has 0 atom stereocenters. The lowest BCUT2D eigenvalue weighted by atomic mass is 10.0. The van der Waals surface area contributed by atoms with Crippen LogP contribution < -0.4 is 15.5 Å². The predicted molar refractivity (Wildman–Crippen MR) is 126 cm³/mol. The van der Waals surface area contributed by atoms with E-state index in [2.05, 4.69) is 10.6 Å². The Labute approximate surface area is 186 Å². The zero-order valence-electron chi connectivity index (χ0n) is 18.1. The van der Waals surface area contributed by atoms with Crippen LogP contribution in [0.4, 0.5) is 17.1 Å². The van der Waals surface area contributed by atoms with Gasteiger partial charge in [0.05, 0.1) is 11.3 Å². The van der Waals surface area contributed by atoms with E-state index in [1.165, 1.54) is 11.8 Å². The van der Waals surface area contributed by atoms with Crippen molar-refractivity contribution >= 4 is 40.4 Å². The Morgan fingerprint density at radius 2 is 1.44 bits per heavy atom. The van der Waals surface area contributed by atoms with Crippen molar-refractivity contribution in [1.82, 2.24) is 0 Å². The number of carbonyl (C=O) groups is 3. The van der Waals surface area contributed by atoms with Crippen molar-refractivity contribution in [2.45, 2.75) is 20.8 Å². The number of amides is 3. The van der Waals surface area contributed by atoms with Crippen molar-refractivity contribution in [2.24, 2.45) is 0 Å². The molecule has 0 bridgehead atoms. The Hall–Kier alpha value is -4.19. The van der Waals surface area contributed by atoms with E-state index in [0.29, 0.717) is 28.2 Å². The van der Waals surface area contributed by atoms with E-state index >= 15 is 0 Å². The van der Waals surface area contributed by atoms with Crippen LogP contribution in [0.3, 0.4) is 0 Å². The SMILES string of the molecule is CC(=O)Nc1ccc(NC2=C(c3ccccc3)C(=O)N(c3ccc(C)c(C)c3)C2=O)cc1. The molecule has 32 heavy (non-hydrogen) atoms. The summed E-state index contributed by atoms with van der Waals surface area (Å²) in [5, 5.41) is 5.84. The summed E-state index contributed by atoms with van der Waals surface area (Å²) < 4.78 is 0. The van der Waals surface area contributed by atoms with Gasteiger partial charge >= 0.3 is 0 Å². The van der Waals surface area contributed by atoms with Gasteiger partial charge in [-0.2, -0.15) is 0 Å². The van der Waals surface area contributed by atoms with E-state index in [0.717, 1.165) is 11.1 Å². The van der Waals surface area contributed by atoms with Crippen LogP contribution in [-0.2, 0) is 14.4 Å². The number of aryl methyl sites for hydroxylation is 2. The lowest BCUT2D eigenvalue weighted by Crippen LogP contribution is -2.32. The van der Waals surface area contributed by atoms with E-state index in [9.17, 15) is 14.4 Å². The molecule has 4 rings (SSSR count). The monoisotopic (exact) mass is 425 g/mol. The van der Waals surface area contributed by atoms with E-state index in [1.54, 1.807) is 30.3 Å². The molecule has 6 nitrogen and oxygen atoms in total. The van der Waals surface area contributed by atoms with Gasteiger partial charge in [0.2, 0.25) is 5.91 Å². The maximum atomic E-state index is 13.4. The molecule has 1 aliphatic rings. The molecule has 0 aliphatic carbocycles. The van der Waals surface area contributed by atoms with Gasteiger partial charge in [0.1, 0.15) is 5.70 Å². The Morgan fingerprint density at radius 1 is 0.781 bits per heavy atom. The fourth-order valence-corrected chi connectivity index (χ4v) is 3.60. The van der Waals surface area contributed by atoms with Crippen LogP contribution in [0, 0.1) is 13.8 Å². The van der Waals surface area contributed by atoms with Gasteiger partial charge in [-0.1, -0.05) is 36.4 Å². The number of hydrogen-bond acceptors (Lipinski definition) is 4. The van der Waals surface area contributed by atoms with Gasteiger partial charge in [-0.15, -0.1) is 0 Å². The first-order valence-electron chi connectivity index (χ1n) is 10.3. The van der Waals surface area contributed by atoms with Crippen LogP contribution in [0.5, 0.6) is 0 Å². The standard InChI is InChI=1S/C26H23N3O3/c1-16-9-14-22(15-17(16)2)29-25(31)23(19-7-5-4-6-8-19)24(26(29)32)28-21-12-10-20(11-13-21)27-18(3)30/h4-15,28H,1-3H3,(H,27,30). The molecule has 0 fully saturated rings. The van der Waals surface area contributed by atoms with Crippen LogP contribution in [0.25, 0.3) is 5.57 Å². The molecular formula is C26H23N3O3. The van der Waals surface area contributed by atoms with Crippen molar-refractivity contribution in [1.29, 1.82) is 0 Å². The molecule has 3 amide bonds. The van der Waals surface area contributed by atoms with E-state index in [4.69, 9.17) is 0 Å². The third-order valence-corrected chi connectivity index (χ3v) is 5.37. The second-order valence-corrected chi connectivity index (χ2v) is 7.71. The molecule has 0 aromatic heterocycles. The predicted octanol–water partition coefficient (Wildman–Crippen LogP) is 4.66. The molecule has 0 unspecified atom stereocenters. The number of rotatable bonds is 5. The van der Waals surface area contributed by atoms with Crippen molar-refractivity contribution in [3.05, 3.63) is 95.2 Å². The van der Waals surface area contributed by atoms with Gasteiger partial charge in [0, 0.05) is 18.3 Å². The molecule has 0 spiro atoms. The largest absolute Gasteiger partial charge is 0.350 e. The Balaban J connectivity index is 1.74. The maximum Gasteiger partial charge on any atom is 0.282 e. The minimum atomic E-state index is -0.414. The molecule has 6 heteroatoms. The number of nitrogens with one attached hydrogen (secondary N) is 2. The molecule has 3 aromatic rings. The average Bonchev–Trinajstić information content (AvgIpc) is 3.01. The van der Waals surface area contributed by atoms with Crippen LogP contribution in [0.2, 0.25) is 0 Å². The molecule has 3 aromatic carbocycles. The van der Waals surface area contributed by atoms with Crippen molar-refractivity contribution in [3.63, 3.8) is 0 Å². The maximum absolute atomic E-state index is 13.4. The molecule has 2 N–H and O–H groups in total. The molecular weight excluding hydrogens is 402 g/mol. The van der Waals surface area contributed by atoms with E-state index in [1.807, 2.05) is 56.3 Å². The van der Waals surface area contributed by atoms with Crippen LogP contribution in [0.1, 0.15) is 23.6 Å². The van der Waals surface area contributed by atoms with Crippen molar-refractivity contribution in [2.75, 3.05) is 15.5 Å². The highest BCUT2D eigenvalue weighted by atomic mass is 16.2. The highest BCUT2D eigenvalue weighted by Crippen LogP contribution is 2.34. The van der Waals surface area contributed by atoms with E-state index in [-0.39, 0.29) is 17.5 Å². The first-order chi connectivity index (χ1) is 15.3. The highest BCUT2D eigenvalue weighted by molar-refractivity contribution is 6.46. The van der Waals surface area contributed by atoms with Gasteiger partial charge in [0.15, 0.2) is 0 Å². The van der Waals surface area contributed by atoms with Gasteiger partial charge in [-0.05, 0) is 66.9 Å². The van der Waals surface area contributed by atoms with Crippen molar-refractivity contribution in [3.8, 4) is 0 Å². The van der Waals surface area contributed by atoms with Gasteiger partial charge in [0.25, 0.3) is 11.8 Å². The van der Waals surface area contributed by atoms with E-state index < -0.39 is 5.91 Å². The summed E-state index contributed by atoms with van der Waals surface area (Å²) in [5.41, 5.74) is 5.09. The lowest BCUT2D eigenvalue weighted by Gasteiger charge is -2.17. The molecule has 1 aliphatic heterocycles. The number of hydrogen-bond donors (Lipinski definition) is 2. The number of anilines is 3. The topological polar surface area (TPSA) is 78.5 Å². The third kappa shape index (κ3) is 4.03. The first-order valence-corrected chi connectivity index (χ1v) is 10.3. The smallest absolute Gasteiger partial charge is 0.282 e.